The number of esters is 1. The van der Waals surface area contributed by atoms with Gasteiger partial charge in [-0.3, -0.25) is 0 Å². The molecule has 94 valence electrons. The van der Waals surface area contributed by atoms with E-state index in [0.717, 1.165) is 5.56 Å². The van der Waals surface area contributed by atoms with Crippen LogP contribution in [0.25, 0.3) is 0 Å². The van der Waals surface area contributed by atoms with E-state index in [1.54, 1.807) is 24.3 Å². The third kappa shape index (κ3) is 4.05. The van der Waals surface area contributed by atoms with Crippen LogP contribution in [0.4, 0.5) is 0 Å². The van der Waals surface area contributed by atoms with E-state index < -0.39 is 11.6 Å². The Hall–Kier alpha value is -1.59. The highest BCUT2D eigenvalue weighted by Crippen LogP contribution is 2.10. The zero-order valence-corrected chi connectivity index (χ0v) is 9.93. The molecule has 0 radical (unpaired) electrons. The summed E-state index contributed by atoms with van der Waals surface area (Å²) >= 11 is 0. The fourth-order valence-electron chi connectivity index (χ4n) is 1.36. The lowest BCUT2D eigenvalue weighted by Gasteiger charge is -2.20. The molecule has 0 saturated heterocycles. The van der Waals surface area contributed by atoms with E-state index in [4.69, 9.17) is 5.11 Å². The molecule has 0 fully saturated rings. The van der Waals surface area contributed by atoms with E-state index in [9.17, 15) is 9.90 Å². The van der Waals surface area contributed by atoms with Crippen molar-refractivity contribution in [1.29, 1.82) is 0 Å². The van der Waals surface area contributed by atoms with E-state index in [1.165, 1.54) is 14.0 Å². The minimum Gasteiger partial charge on any atom is -0.508 e. The molecule has 3 N–H and O–H groups in total. The number of hydrogen-bond donors (Lipinski definition) is 3. The molecule has 0 amide bonds. The zero-order chi connectivity index (χ0) is 12.9. The van der Waals surface area contributed by atoms with Crippen LogP contribution in [0.2, 0.25) is 0 Å². The van der Waals surface area contributed by atoms with E-state index in [0.29, 0.717) is 6.54 Å². The Bertz CT molecular complexity index is 373. The monoisotopic (exact) mass is 239 g/mol. The van der Waals surface area contributed by atoms with Gasteiger partial charge in [-0.15, -0.1) is 0 Å². The van der Waals surface area contributed by atoms with E-state index in [1.807, 2.05) is 0 Å². The van der Waals surface area contributed by atoms with Crippen molar-refractivity contribution in [2.24, 2.45) is 0 Å². The Morgan fingerprint density at radius 3 is 2.53 bits per heavy atom. The fraction of sp³-hybridized carbons (Fsp3) is 0.417. The van der Waals surface area contributed by atoms with Crippen LogP contribution in [-0.2, 0) is 16.1 Å². The van der Waals surface area contributed by atoms with Crippen molar-refractivity contribution < 1.29 is 19.7 Å². The second-order valence-electron chi connectivity index (χ2n) is 4.04. The van der Waals surface area contributed by atoms with Gasteiger partial charge >= 0.3 is 5.97 Å². The highest BCUT2D eigenvalue weighted by Gasteiger charge is 2.30. The van der Waals surface area contributed by atoms with Gasteiger partial charge in [-0.05, 0) is 24.6 Å². The first kappa shape index (κ1) is 13.5. The zero-order valence-electron chi connectivity index (χ0n) is 9.93. The third-order valence-corrected chi connectivity index (χ3v) is 2.36. The summed E-state index contributed by atoms with van der Waals surface area (Å²) in [5.41, 5.74) is -0.588. The van der Waals surface area contributed by atoms with Gasteiger partial charge in [0.1, 0.15) is 5.75 Å². The first-order valence-corrected chi connectivity index (χ1v) is 5.25. The number of carbonyl (C=O) groups excluding carboxylic acids is 1. The quantitative estimate of drug-likeness (QED) is 0.648. The Balaban J connectivity index is 2.42. The molecular formula is C12H17NO4. The van der Waals surface area contributed by atoms with Gasteiger partial charge in [0.05, 0.1) is 7.11 Å². The Morgan fingerprint density at radius 1 is 1.41 bits per heavy atom. The van der Waals surface area contributed by atoms with Gasteiger partial charge in [-0.25, -0.2) is 4.79 Å². The van der Waals surface area contributed by atoms with Crippen LogP contribution in [0, 0.1) is 0 Å². The number of aromatic hydroxyl groups is 1. The summed E-state index contributed by atoms with van der Waals surface area (Å²) in [5.74, 6) is -0.467. The maximum absolute atomic E-state index is 11.2. The second-order valence-corrected chi connectivity index (χ2v) is 4.04. The largest absolute Gasteiger partial charge is 0.508 e. The van der Waals surface area contributed by atoms with Gasteiger partial charge in [-0.1, -0.05) is 12.1 Å². The first-order chi connectivity index (χ1) is 7.95. The topological polar surface area (TPSA) is 78.8 Å². The molecule has 0 aliphatic heterocycles. The maximum atomic E-state index is 11.2. The van der Waals surface area contributed by atoms with Crippen molar-refractivity contribution in [3.8, 4) is 5.75 Å². The van der Waals surface area contributed by atoms with Crippen LogP contribution >= 0.6 is 0 Å². The molecule has 0 saturated carbocycles. The van der Waals surface area contributed by atoms with Crippen molar-refractivity contribution in [3.63, 3.8) is 0 Å². The highest BCUT2D eigenvalue weighted by atomic mass is 16.5. The lowest BCUT2D eigenvalue weighted by molar-refractivity contribution is -0.159. The minimum atomic E-state index is -1.54. The molecule has 1 aromatic carbocycles. The van der Waals surface area contributed by atoms with Gasteiger partial charge in [0.2, 0.25) is 0 Å². The number of nitrogens with one attached hydrogen (secondary N) is 1. The summed E-state index contributed by atoms with van der Waals surface area (Å²) < 4.78 is 4.47. The van der Waals surface area contributed by atoms with Gasteiger partial charge < -0.3 is 20.3 Å². The number of phenols is 1. The molecule has 5 heteroatoms. The molecule has 1 aromatic rings. The van der Waals surface area contributed by atoms with Crippen LogP contribution in [0.3, 0.4) is 0 Å². The molecule has 0 spiro atoms. The van der Waals surface area contributed by atoms with Crippen LogP contribution in [0.15, 0.2) is 24.3 Å². The normalized spacial score (nSPS) is 14.1. The number of rotatable bonds is 5. The Kier molecular flexibility index (Phi) is 4.48. The van der Waals surface area contributed by atoms with Gasteiger partial charge in [0, 0.05) is 13.1 Å². The summed E-state index contributed by atoms with van der Waals surface area (Å²) in [6.45, 7) is 1.98. The Morgan fingerprint density at radius 2 is 2.00 bits per heavy atom. The van der Waals surface area contributed by atoms with E-state index >= 15 is 0 Å². The SMILES string of the molecule is COC(=O)C(C)(O)CNCc1ccc(O)cc1. The molecule has 0 aliphatic carbocycles. The maximum Gasteiger partial charge on any atom is 0.338 e. The van der Waals surface area contributed by atoms with Gasteiger partial charge in [0.15, 0.2) is 5.60 Å². The molecular weight excluding hydrogens is 222 g/mol. The molecule has 0 aliphatic rings. The summed E-state index contributed by atoms with van der Waals surface area (Å²) in [4.78, 5) is 11.2. The molecule has 1 atom stereocenters. The van der Waals surface area contributed by atoms with Gasteiger partial charge in [-0.2, -0.15) is 0 Å². The number of aliphatic hydroxyl groups is 1. The summed E-state index contributed by atoms with van der Waals surface area (Å²) in [6, 6.07) is 6.68. The number of phenolic OH excluding ortho intramolecular Hbond substituents is 1. The van der Waals surface area contributed by atoms with Crippen molar-refractivity contribution in [2.45, 2.75) is 19.1 Å². The predicted octanol–water partition coefficient (Wildman–Crippen LogP) is 0.406. The van der Waals surface area contributed by atoms with Crippen molar-refractivity contribution in [3.05, 3.63) is 29.8 Å². The van der Waals surface area contributed by atoms with Gasteiger partial charge in [0.25, 0.3) is 0 Å². The first-order valence-electron chi connectivity index (χ1n) is 5.25. The standard InChI is InChI=1S/C12H17NO4/c1-12(16,11(15)17-2)8-13-7-9-3-5-10(14)6-4-9/h3-6,13-14,16H,7-8H2,1-2H3. The molecule has 0 aromatic heterocycles. The molecule has 1 unspecified atom stereocenters. The summed E-state index contributed by atoms with van der Waals surface area (Å²) in [6.07, 6.45) is 0. The highest BCUT2D eigenvalue weighted by molar-refractivity contribution is 5.78. The molecule has 0 heterocycles. The average molecular weight is 239 g/mol. The lowest BCUT2D eigenvalue weighted by atomic mass is 10.1. The van der Waals surface area contributed by atoms with E-state index in [2.05, 4.69) is 10.1 Å². The number of benzene rings is 1. The molecule has 5 nitrogen and oxygen atoms in total. The smallest absolute Gasteiger partial charge is 0.338 e. The number of methoxy groups -OCH3 is 1. The molecule has 0 bridgehead atoms. The van der Waals surface area contributed by atoms with Crippen molar-refractivity contribution in [1.82, 2.24) is 5.32 Å². The minimum absolute atomic E-state index is 0.0978. The lowest BCUT2D eigenvalue weighted by Crippen LogP contribution is -2.45. The van der Waals surface area contributed by atoms with E-state index in [-0.39, 0.29) is 12.3 Å². The number of ether oxygens (including phenoxy) is 1. The van der Waals surface area contributed by atoms with Crippen molar-refractivity contribution in [2.75, 3.05) is 13.7 Å². The van der Waals surface area contributed by atoms with Crippen LogP contribution < -0.4 is 5.32 Å². The fourth-order valence-corrected chi connectivity index (χ4v) is 1.36. The third-order valence-electron chi connectivity index (χ3n) is 2.36. The average Bonchev–Trinajstić information content (AvgIpc) is 2.30. The number of hydrogen-bond acceptors (Lipinski definition) is 5. The van der Waals surface area contributed by atoms with Crippen LogP contribution in [0.5, 0.6) is 5.75 Å². The van der Waals surface area contributed by atoms with Crippen LogP contribution in [-0.4, -0.2) is 35.4 Å². The Labute approximate surface area is 100 Å². The van der Waals surface area contributed by atoms with Crippen LogP contribution in [0.1, 0.15) is 12.5 Å². The second kappa shape index (κ2) is 5.65. The summed E-state index contributed by atoms with van der Waals surface area (Å²) in [7, 11) is 1.23. The van der Waals surface area contributed by atoms with Crippen molar-refractivity contribution >= 4 is 5.97 Å². The molecule has 1 rings (SSSR count). The summed E-state index contributed by atoms with van der Waals surface area (Å²) in [5, 5.41) is 21.8. The number of carbonyl (C=O) groups is 1. The molecule has 17 heavy (non-hydrogen) atoms. The predicted molar refractivity (Wildman–Crippen MR) is 62.5 cm³/mol.